The summed E-state index contributed by atoms with van der Waals surface area (Å²) in [7, 11) is 2.05. The standard InChI is InChI=1S/C9H19NO2/c1-9(2,7-11)10(3)8-4-5-12-6-8/h8,11H,4-7H2,1-3H3. The van der Waals surface area contributed by atoms with Crippen molar-refractivity contribution < 1.29 is 9.84 Å². The van der Waals surface area contributed by atoms with E-state index < -0.39 is 0 Å². The molecule has 0 saturated carbocycles. The highest BCUT2D eigenvalue weighted by Crippen LogP contribution is 2.19. The van der Waals surface area contributed by atoms with Crippen LogP contribution in [0.3, 0.4) is 0 Å². The largest absolute Gasteiger partial charge is 0.394 e. The average molecular weight is 173 g/mol. The number of aliphatic hydroxyl groups excluding tert-OH is 1. The number of nitrogens with zero attached hydrogens (tertiary/aromatic N) is 1. The first-order valence-electron chi connectivity index (χ1n) is 4.49. The number of hydrogen-bond acceptors (Lipinski definition) is 3. The number of likely N-dealkylation sites (N-methyl/N-ethyl adjacent to an activating group) is 1. The molecule has 0 aromatic carbocycles. The Morgan fingerprint density at radius 1 is 1.58 bits per heavy atom. The van der Waals surface area contributed by atoms with Crippen molar-refractivity contribution in [2.45, 2.75) is 31.8 Å². The average Bonchev–Trinajstić information content (AvgIpc) is 2.55. The van der Waals surface area contributed by atoms with Gasteiger partial charge in [-0.1, -0.05) is 0 Å². The van der Waals surface area contributed by atoms with Crippen molar-refractivity contribution in [3.63, 3.8) is 0 Å². The van der Waals surface area contributed by atoms with Crippen molar-refractivity contribution in [1.82, 2.24) is 4.90 Å². The van der Waals surface area contributed by atoms with Gasteiger partial charge in [-0.15, -0.1) is 0 Å². The maximum atomic E-state index is 9.14. The molecule has 1 aliphatic heterocycles. The number of hydrogen-bond donors (Lipinski definition) is 1. The van der Waals surface area contributed by atoms with Gasteiger partial charge in [-0.25, -0.2) is 0 Å². The SMILES string of the molecule is CN(C1CCOC1)C(C)(C)CO. The molecule has 1 fully saturated rings. The van der Waals surface area contributed by atoms with Crippen LogP contribution in [-0.2, 0) is 4.74 Å². The number of ether oxygens (including phenoxy) is 1. The van der Waals surface area contributed by atoms with Gasteiger partial charge in [-0.3, -0.25) is 4.90 Å². The molecule has 0 spiro atoms. The predicted molar refractivity (Wildman–Crippen MR) is 48.2 cm³/mol. The minimum absolute atomic E-state index is 0.127. The first-order valence-corrected chi connectivity index (χ1v) is 4.49. The van der Waals surface area contributed by atoms with E-state index in [4.69, 9.17) is 9.84 Å². The van der Waals surface area contributed by atoms with Crippen LogP contribution in [0.5, 0.6) is 0 Å². The van der Waals surface area contributed by atoms with Gasteiger partial charge in [0.15, 0.2) is 0 Å². The van der Waals surface area contributed by atoms with Gasteiger partial charge in [0.25, 0.3) is 0 Å². The molecule has 12 heavy (non-hydrogen) atoms. The van der Waals surface area contributed by atoms with Crippen LogP contribution in [0.25, 0.3) is 0 Å². The van der Waals surface area contributed by atoms with Crippen molar-refractivity contribution in [2.24, 2.45) is 0 Å². The molecule has 1 N–H and O–H groups in total. The molecule has 0 radical (unpaired) electrons. The lowest BCUT2D eigenvalue weighted by molar-refractivity contribution is 0.0395. The van der Waals surface area contributed by atoms with Gasteiger partial charge in [0.2, 0.25) is 0 Å². The Labute approximate surface area is 74.3 Å². The zero-order valence-corrected chi connectivity index (χ0v) is 8.21. The minimum Gasteiger partial charge on any atom is -0.394 e. The van der Waals surface area contributed by atoms with E-state index in [1.54, 1.807) is 0 Å². The van der Waals surface area contributed by atoms with Gasteiger partial charge in [0.1, 0.15) is 0 Å². The zero-order chi connectivity index (χ0) is 9.19. The van der Waals surface area contributed by atoms with Crippen LogP contribution >= 0.6 is 0 Å². The van der Waals surface area contributed by atoms with E-state index >= 15 is 0 Å². The van der Waals surface area contributed by atoms with E-state index in [0.29, 0.717) is 6.04 Å². The Morgan fingerprint density at radius 2 is 2.25 bits per heavy atom. The summed E-state index contributed by atoms with van der Waals surface area (Å²) in [6, 6.07) is 0.479. The van der Waals surface area contributed by atoms with Crippen LogP contribution < -0.4 is 0 Å². The fraction of sp³-hybridized carbons (Fsp3) is 1.00. The maximum absolute atomic E-state index is 9.14. The summed E-state index contributed by atoms with van der Waals surface area (Å²) >= 11 is 0. The highest BCUT2D eigenvalue weighted by molar-refractivity contribution is 4.85. The van der Waals surface area contributed by atoms with Crippen LogP contribution in [0.2, 0.25) is 0 Å². The summed E-state index contributed by atoms with van der Waals surface area (Å²) in [6.45, 7) is 5.95. The fourth-order valence-electron chi connectivity index (χ4n) is 1.43. The summed E-state index contributed by atoms with van der Waals surface area (Å²) in [6.07, 6.45) is 1.08. The number of rotatable bonds is 3. The molecule has 0 amide bonds. The second-order valence-corrected chi connectivity index (χ2v) is 4.10. The summed E-state index contributed by atoms with van der Waals surface area (Å²) in [5, 5.41) is 9.14. The first-order chi connectivity index (χ1) is 5.58. The third-order valence-corrected chi connectivity index (χ3v) is 2.80. The van der Waals surface area contributed by atoms with E-state index in [2.05, 4.69) is 11.9 Å². The molecule has 0 aromatic rings. The van der Waals surface area contributed by atoms with Crippen molar-refractivity contribution in [3.05, 3.63) is 0 Å². The highest BCUT2D eigenvalue weighted by atomic mass is 16.5. The van der Waals surface area contributed by atoms with E-state index in [-0.39, 0.29) is 12.1 Å². The lowest BCUT2D eigenvalue weighted by atomic mass is 10.0. The molecule has 1 heterocycles. The zero-order valence-electron chi connectivity index (χ0n) is 8.21. The molecule has 1 rings (SSSR count). The van der Waals surface area contributed by atoms with Gasteiger partial charge in [0.05, 0.1) is 13.2 Å². The normalized spacial score (nSPS) is 25.2. The van der Waals surface area contributed by atoms with Gasteiger partial charge in [0, 0.05) is 18.2 Å². The van der Waals surface area contributed by atoms with Crippen LogP contribution in [0.15, 0.2) is 0 Å². The Hall–Kier alpha value is -0.120. The van der Waals surface area contributed by atoms with E-state index in [1.807, 2.05) is 13.8 Å². The highest BCUT2D eigenvalue weighted by Gasteiger charge is 2.30. The number of aliphatic hydroxyl groups is 1. The van der Waals surface area contributed by atoms with Crippen molar-refractivity contribution in [1.29, 1.82) is 0 Å². The lowest BCUT2D eigenvalue weighted by Crippen LogP contribution is -2.50. The molecule has 1 aliphatic rings. The fourth-order valence-corrected chi connectivity index (χ4v) is 1.43. The molecule has 3 nitrogen and oxygen atoms in total. The molecular formula is C9H19NO2. The summed E-state index contributed by atoms with van der Waals surface area (Å²) in [5.41, 5.74) is -0.127. The molecular weight excluding hydrogens is 154 g/mol. The molecule has 1 saturated heterocycles. The Bertz CT molecular complexity index is 141. The van der Waals surface area contributed by atoms with Crippen LogP contribution in [-0.4, -0.2) is 48.5 Å². The molecule has 1 unspecified atom stereocenters. The summed E-state index contributed by atoms with van der Waals surface area (Å²) in [4.78, 5) is 2.21. The van der Waals surface area contributed by atoms with Crippen LogP contribution in [0.1, 0.15) is 20.3 Å². The van der Waals surface area contributed by atoms with Crippen LogP contribution in [0.4, 0.5) is 0 Å². The minimum atomic E-state index is -0.127. The lowest BCUT2D eigenvalue weighted by Gasteiger charge is -2.37. The van der Waals surface area contributed by atoms with Crippen LogP contribution in [0, 0.1) is 0 Å². The Kier molecular flexibility index (Phi) is 3.09. The Morgan fingerprint density at radius 3 is 2.67 bits per heavy atom. The quantitative estimate of drug-likeness (QED) is 0.673. The third-order valence-electron chi connectivity index (χ3n) is 2.80. The summed E-state index contributed by atoms with van der Waals surface area (Å²) in [5.74, 6) is 0. The second-order valence-electron chi connectivity index (χ2n) is 4.10. The smallest absolute Gasteiger partial charge is 0.0622 e. The second kappa shape index (κ2) is 3.73. The van der Waals surface area contributed by atoms with E-state index in [0.717, 1.165) is 19.6 Å². The Balaban J connectivity index is 2.50. The van der Waals surface area contributed by atoms with Crippen molar-refractivity contribution in [3.8, 4) is 0 Å². The summed E-state index contributed by atoms with van der Waals surface area (Å²) < 4.78 is 5.29. The molecule has 0 bridgehead atoms. The van der Waals surface area contributed by atoms with Gasteiger partial charge < -0.3 is 9.84 Å². The van der Waals surface area contributed by atoms with Gasteiger partial charge in [-0.05, 0) is 27.3 Å². The first kappa shape index (κ1) is 9.96. The molecule has 72 valence electrons. The third kappa shape index (κ3) is 1.97. The van der Waals surface area contributed by atoms with Gasteiger partial charge in [-0.2, -0.15) is 0 Å². The maximum Gasteiger partial charge on any atom is 0.0622 e. The van der Waals surface area contributed by atoms with Crippen molar-refractivity contribution >= 4 is 0 Å². The van der Waals surface area contributed by atoms with E-state index in [1.165, 1.54) is 0 Å². The van der Waals surface area contributed by atoms with E-state index in [9.17, 15) is 0 Å². The molecule has 0 aliphatic carbocycles. The molecule has 1 atom stereocenters. The molecule has 3 heteroatoms. The monoisotopic (exact) mass is 173 g/mol. The predicted octanol–water partition coefficient (Wildman–Crippen LogP) is 0.478. The van der Waals surface area contributed by atoms with Gasteiger partial charge >= 0.3 is 0 Å². The topological polar surface area (TPSA) is 32.7 Å². The molecule has 0 aromatic heterocycles. The van der Waals surface area contributed by atoms with Crippen molar-refractivity contribution in [2.75, 3.05) is 26.9 Å².